The number of ether oxygens (including phenoxy) is 2. The number of pyridine rings is 1. The van der Waals surface area contributed by atoms with E-state index in [1.807, 2.05) is 78.2 Å². The first kappa shape index (κ1) is 21.3. The van der Waals surface area contributed by atoms with Gasteiger partial charge in [-0.1, -0.05) is 53.7 Å². The Morgan fingerprint density at radius 1 is 1.03 bits per heavy atom. The molecule has 3 heterocycles. The third-order valence-electron chi connectivity index (χ3n) is 5.20. The van der Waals surface area contributed by atoms with Crippen molar-refractivity contribution in [2.24, 2.45) is 0 Å². The van der Waals surface area contributed by atoms with Crippen LogP contribution in [0.5, 0.6) is 11.6 Å². The van der Waals surface area contributed by atoms with Crippen molar-refractivity contribution < 1.29 is 9.47 Å². The number of rotatable bonds is 7. The number of benzene rings is 2. The summed E-state index contributed by atoms with van der Waals surface area (Å²) in [6.45, 7) is 0. The van der Waals surface area contributed by atoms with Crippen LogP contribution >= 0.6 is 11.3 Å². The SMILES string of the molecule is COc1ccc(-c2cc(-c3cccs3)nc(OC(c3ccccc3)c3nn[nH]n3)c2C#N)cc1. The minimum Gasteiger partial charge on any atom is -0.497 e. The monoisotopic (exact) mass is 466 g/mol. The molecule has 2 aromatic carbocycles. The molecule has 1 atom stereocenters. The van der Waals surface area contributed by atoms with Crippen molar-refractivity contribution in [3.63, 3.8) is 0 Å². The van der Waals surface area contributed by atoms with Crippen LogP contribution in [-0.2, 0) is 0 Å². The van der Waals surface area contributed by atoms with Gasteiger partial charge in [-0.15, -0.1) is 21.5 Å². The molecule has 0 bridgehead atoms. The van der Waals surface area contributed by atoms with Crippen LogP contribution in [0, 0.1) is 11.3 Å². The molecule has 5 aromatic rings. The molecule has 5 rings (SSSR count). The lowest BCUT2D eigenvalue weighted by Gasteiger charge is -2.18. The Labute approximate surface area is 199 Å². The van der Waals surface area contributed by atoms with E-state index in [2.05, 4.69) is 26.7 Å². The predicted molar refractivity (Wildman–Crippen MR) is 127 cm³/mol. The molecule has 0 spiro atoms. The van der Waals surface area contributed by atoms with Gasteiger partial charge < -0.3 is 9.47 Å². The highest BCUT2D eigenvalue weighted by atomic mass is 32.1. The molecule has 1 N–H and O–H groups in total. The standard InChI is InChI=1S/C25H18N6O2S/c1-32-18-11-9-16(10-12-18)19-14-21(22-8-5-13-34-22)27-25(20(19)15-26)33-23(24-28-30-31-29-24)17-6-3-2-4-7-17/h2-14,23H,1H3,(H,28,29,30,31). The summed E-state index contributed by atoms with van der Waals surface area (Å²) in [4.78, 5) is 5.69. The number of hydrogen-bond donors (Lipinski definition) is 1. The minimum atomic E-state index is -0.707. The molecule has 0 fully saturated rings. The van der Waals surface area contributed by atoms with Crippen molar-refractivity contribution in [1.82, 2.24) is 25.6 Å². The molecule has 0 saturated carbocycles. The summed E-state index contributed by atoms with van der Waals surface area (Å²) in [5.74, 6) is 1.26. The van der Waals surface area contributed by atoms with E-state index >= 15 is 0 Å². The van der Waals surface area contributed by atoms with Crippen LogP contribution in [0.1, 0.15) is 23.1 Å². The molecular weight excluding hydrogens is 448 g/mol. The summed E-state index contributed by atoms with van der Waals surface area (Å²) in [7, 11) is 1.62. The number of nitrogens with zero attached hydrogens (tertiary/aromatic N) is 5. The van der Waals surface area contributed by atoms with E-state index in [-0.39, 0.29) is 5.88 Å². The van der Waals surface area contributed by atoms with Crippen LogP contribution in [0.3, 0.4) is 0 Å². The maximum atomic E-state index is 10.2. The van der Waals surface area contributed by atoms with Gasteiger partial charge in [0.15, 0.2) is 6.10 Å². The summed E-state index contributed by atoms with van der Waals surface area (Å²) >= 11 is 1.56. The molecule has 0 aliphatic heterocycles. The highest BCUT2D eigenvalue weighted by Gasteiger charge is 2.25. The molecule has 9 heteroatoms. The van der Waals surface area contributed by atoms with E-state index in [1.54, 1.807) is 18.4 Å². The van der Waals surface area contributed by atoms with Gasteiger partial charge in [0, 0.05) is 11.1 Å². The Hall–Kier alpha value is -4.55. The van der Waals surface area contributed by atoms with Crippen molar-refractivity contribution in [1.29, 1.82) is 5.26 Å². The van der Waals surface area contributed by atoms with E-state index in [1.165, 1.54) is 0 Å². The van der Waals surface area contributed by atoms with Crippen molar-refractivity contribution in [3.05, 3.63) is 95.1 Å². The number of tetrazole rings is 1. The molecule has 0 saturated heterocycles. The zero-order chi connectivity index (χ0) is 23.3. The maximum Gasteiger partial charge on any atom is 0.234 e. The van der Waals surface area contributed by atoms with E-state index in [0.717, 1.165) is 21.8 Å². The molecule has 0 amide bonds. The van der Waals surface area contributed by atoms with Crippen LogP contribution in [0.4, 0.5) is 0 Å². The number of H-pyrrole nitrogens is 1. The summed E-state index contributed by atoms with van der Waals surface area (Å²) < 4.78 is 11.7. The number of methoxy groups -OCH3 is 1. The van der Waals surface area contributed by atoms with Crippen molar-refractivity contribution >= 4 is 11.3 Å². The number of nitrogens with one attached hydrogen (secondary N) is 1. The van der Waals surface area contributed by atoms with Gasteiger partial charge in [0.25, 0.3) is 0 Å². The third kappa shape index (κ3) is 4.22. The molecule has 3 aromatic heterocycles. The van der Waals surface area contributed by atoms with Gasteiger partial charge in [0.05, 0.1) is 17.7 Å². The van der Waals surface area contributed by atoms with Gasteiger partial charge in [-0.2, -0.15) is 10.5 Å². The van der Waals surface area contributed by atoms with Crippen molar-refractivity contribution in [2.75, 3.05) is 7.11 Å². The highest BCUT2D eigenvalue weighted by molar-refractivity contribution is 7.13. The Morgan fingerprint density at radius 3 is 2.50 bits per heavy atom. The molecule has 8 nitrogen and oxygen atoms in total. The Kier molecular flexibility index (Phi) is 5.97. The van der Waals surface area contributed by atoms with Gasteiger partial charge >= 0.3 is 0 Å². The zero-order valence-electron chi connectivity index (χ0n) is 18.0. The lowest BCUT2D eigenvalue weighted by molar-refractivity contribution is 0.227. The van der Waals surface area contributed by atoms with Crippen LogP contribution in [0.15, 0.2) is 78.2 Å². The second kappa shape index (κ2) is 9.52. The fourth-order valence-electron chi connectivity index (χ4n) is 3.55. The van der Waals surface area contributed by atoms with E-state index in [0.29, 0.717) is 22.6 Å². The second-order valence-corrected chi connectivity index (χ2v) is 8.18. The molecule has 0 radical (unpaired) electrons. The Balaban J connectivity index is 1.67. The lowest BCUT2D eigenvalue weighted by atomic mass is 10.00. The molecular formula is C25H18N6O2S. The van der Waals surface area contributed by atoms with Crippen LogP contribution in [-0.4, -0.2) is 32.7 Å². The van der Waals surface area contributed by atoms with Crippen molar-refractivity contribution in [2.45, 2.75) is 6.10 Å². The normalized spacial score (nSPS) is 11.5. The van der Waals surface area contributed by atoms with Gasteiger partial charge in [0.1, 0.15) is 17.4 Å². The number of nitriles is 1. The topological polar surface area (TPSA) is 110 Å². The summed E-state index contributed by atoms with van der Waals surface area (Å²) in [5.41, 5.74) is 3.38. The molecule has 0 aliphatic carbocycles. The van der Waals surface area contributed by atoms with Gasteiger partial charge in [-0.3, -0.25) is 0 Å². The number of hydrogen-bond acceptors (Lipinski definition) is 8. The predicted octanol–water partition coefficient (Wildman–Crippen LogP) is 5.04. The smallest absolute Gasteiger partial charge is 0.234 e. The number of thiophene rings is 1. The molecule has 1 unspecified atom stereocenters. The van der Waals surface area contributed by atoms with Gasteiger partial charge in [0.2, 0.25) is 11.7 Å². The quantitative estimate of drug-likeness (QED) is 0.358. The highest BCUT2D eigenvalue weighted by Crippen LogP contribution is 2.37. The van der Waals surface area contributed by atoms with Gasteiger partial charge in [-0.25, -0.2) is 4.98 Å². The first-order valence-electron chi connectivity index (χ1n) is 10.3. The number of aromatic nitrogens is 5. The second-order valence-electron chi connectivity index (χ2n) is 7.23. The van der Waals surface area contributed by atoms with Gasteiger partial charge in [-0.05, 0) is 35.2 Å². The van der Waals surface area contributed by atoms with Crippen LogP contribution in [0.25, 0.3) is 21.7 Å². The number of aromatic amines is 1. The van der Waals surface area contributed by atoms with Crippen LogP contribution < -0.4 is 9.47 Å². The molecule has 34 heavy (non-hydrogen) atoms. The Bertz CT molecular complexity index is 1410. The zero-order valence-corrected chi connectivity index (χ0v) is 18.9. The summed E-state index contributed by atoms with van der Waals surface area (Å²) in [5, 5.41) is 26.5. The Morgan fingerprint density at radius 2 is 1.85 bits per heavy atom. The van der Waals surface area contributed by atoms with E-state index < -0.39 is 6.10 Å². The van der Waals surface area contributed by atoms with Crippen molar-refractivity contribution in [3.8, 4) is 39.4 Å². The van der Waals surface area contributed by atoms with E-state index in [9.17, 15) is 5.26 Å². The molecule has 166 valence electrons. The lowest BCUT2D eigenvalue weighted by Crippen LogP contribution is -2.13. The largest absolute Gasteiger partial charge is 0.497 e. The third-order valence-corrected chi connectivity index (χ3v) is 6.09. The fraction of sp³-hybridized carbons (Fsp3) is 0.0800. The maximum absolute atomic E-state index is 10.2. The minimum absolute atomic E-state index is 0.192. The first-order chi connectivity index (χ1) is 16.8. The average Bonchev–Trinajstić information content (AvgIpc) is 3.62. The molecule has 0 aliphatic rings. The average molecular weight is 467 g/mol. The summed E-state index contributed by atoms with van der Waals surface area (Å²) in [6.07, 6.45) is -0.707. The first-order valence-corrected chi connectivity index (χ1v) is 11.2. The van der Waals surface area contributed by atoms with E-state index in [4.69, 9.17) is 14.5 Å². The van der Waals surface area contributed by atoms with Crippen LogP contribution in [0.2, 0.25) is 0 Å². The fourth-order valence-corrected chi connectivity index (χ4v) is 4.24. The summed E-state index contributed by atoms with van der Waals surface area (Å²) in [6, 6.07) is 25.2.